The number of nitrogens with one attached hydrogen (secondary N) is 1. The van der Waals surface area contributed by atoms with Crippen molar-refractivity contribution in [1.29, 1.82) is 0 Å². The van der Waals surface area contributed by atoms with E-state index < -0.39 is 23.7 Å². The van der Waals surface area contributed by atoms with Crippen molar-refractivity contribution in [1.82, 2.24) is 34.5 Å². The average Bonchev–Trinajstić information content (AvgIpc) is 1.68. The number of halogens is 1. The fourth-order valence-corrected chi connectivity index (χ4v) is 13.2. The lowest BCUT2D eigenvalue weighted by atomic mass is 9.92. The van der Waals surface area contributed by atoms with E-state index in [4.69, 9.17) is 18.9 Å². The number of aryl methyl sites for hydroxylation is 1. The summed E-state index contributed by atoms with van der Waals surface area (Å²) in [6, 6.07) is 22.7. The van der Waals surface area contributed by atoms with Gasteiger partial charge in [-0.2, -0.15) is 0 Å². The number of fused-ring (bicyclic) bond motifs is 4. The third-order valence-corrected chi connectivity index (χ3v) is 18.2. The maximum absolute atomic E-state index is 13.0. The zero-order chi connectivity index (χ0) is 62.7. The maximum atomic E-state index is 13.0. The van der Waals surface area contributed by atoms with Gasteiger partial charge in [0.1, 0.15) is 52.6 Å². The molecule has 5 fully saturated rings. The van der Waals surface area contributed by atoms with E-state index in [2.05, 4.69) is 10.3 Å². The lowest BCUT2D eigenvalue weighted by molar-refractivity contribution is -0.134. The van der Waals surface area contributed by atoms with Gasteiger partial charge in [0.15, 0.2) is 17.3 Å². The van der Waals surface area contributed by atoms with Gasteiger partial charge >= 0.3 is 6.09 Å². The van der Waals surface area contributed by atoms with Crippen molar-refractivity contribution in [2.75, 3.05) is 39.4 Å². The smallest absolute Gasteiger partial charge is 0.410 e. The van der Waals surface area contributed by atoms with Gasteiger partial charge in [0.2, 0.25) is 0 Å². The van der Waals surface area contributed by atoms with Crippen molar-refractivity contribution in [2.24, 2.45) is 18.9 Å². The van der Waals surface area contributed by atoms with Crippen molar-refractivity contribution >= 4 is 82.0 Å². The average molecular weight is 1250 g/mol. The Kier molecular flexibility index (Phi) is 20.0. The molecule has 8 aliphatic rings. The molecule has 1 aromatic heterocycles. The summed E-state index contributed by atoms with van der Waals surface area (Å²) >= 11 is 0. The van der Waals surface area contributed by atoms with Crippen LogP contribution >= 0.6 is 12.4 Å². The Morgan fingerprint density at radius 2 is 0.944 bits per heavy atom. The Bertz CT molecular complexity index is 3640. The van der Waals surface area contributed by atoms with Crippen molar-refractivity contribution in [3.05, 3.63) is 118 Å². The number of amides is 4. The normalized spacial score (nSPS) is 21.3. The minimum Gasteiger partial charge on any atom is -0.493 e. The number of ketones is 6. The van der Waals surface area contributed by atoms with Crippen LogP contribution in [-0.4, -0.2) is 151 Å². The molecule has 2 saturated heterocycles. The van der Waals surface area contributed by atoms with Crippen LogP contribution in [0.5, 0.6) is 17.2 Å². The molecule has 0 radical (unpaired) electrons. The molecule has 3 atom stereocenters. The molecule has 476 valence electrons. The van der Waals surface area contributed by atoms with E-state index >= 15 is 0 Å². The Morgan fingerprint density at radius 1 is 0.533 bits per heavy atom. The van der Waals surface area contributed by atoms with Crippen LogP contribution in [0.1, 0.15) is 158 Å². The van der Waals surface area contributed by atoms with Crippen LogP contribution < -0.4 is 19.5 Å². The zero-order valence-electron chi connectivity index (χ0n) is 51.5. The third-order valence-electron chi connectivity index (χ3n) is 18.2. The molecule has 5 aromatic rings. The second-order valence-electron chi connectivity index (χ2n) is 25.4. The lowest BCUT2D eigenvalue weighted by Crippen LogP contribution is -2.44. The molecule has 0 bridgehead atoms. The number of benzene rings is 4. The highest BCUT2D eigenvalue weighted by Crippen LogP contribution is 2.38. The van der Waals surface area contributed by atoms with Crippen LogP contribution in [-0.2, 0) is 66.8 Å². The lowest BCUT2D eigenvalue weighted by Gasteiger charge is -2.33. The monoisotopic (exact) mass is 1250 g/mol. The van der Waals surface area contributed by atoms with E-state index in [1.807, 2.05) is 80.9 Å². The molecule has 3 unspecified atom stereocenters. The first-order chi connectivity index (χ1) is 42.8. The highest BCUT2D eigenvalue weighted by molar-refractivity contribution is 6.10. The number of imidazole rings is 1. The number of nitrogens with zero attached hydrogens (tertiary/aromatic N) is 6. The second kappa shape index (κ2) is 27.8. The predicted octanol–water partition coefficient (Wildman–Crippen LogP) is 8.29. The first-order valence-electron chi connectivity index (χ1n) is 31.2. The number of ether oxygens (including phenoxy) is 4. The van der Waals surface area contributed by atoms with Gasteiger partial charge in [-0.15, -0.1) is 12.4 Å². The fourth-order valence-electron chi connectivity index (χ4n) is 13.2. The van der Waals surface area contributed by atoms with Gasteiger partial charge < -0.3 is 48.4 Å². The molecule has 22 heteroatoms. The number of aromatic nitrogens is 2. The summed E-state index contributed by atoms with van der Waals surface area (Å²) in [4.78, 5) is 134. The molecule has 90 heavy (non-hydrogen) atoms. The van der Waals surface area contributed by atoms with Crippen molar-refractivity contribution < 1.29 is 66.9 Å². The highest BCUT2D eigenvalue weighted by Gasteiger charge is 2.43. The topological polar surface area (TPSA) is 250 Å². The Labute approximate surface area is 528 Å². The van der Waals surface area contributed by atoms with Crippen LogP contribution in [0.3, 0.4) is 0 Å². The quantitative estimate of drug-likeness (QED) is 0.115. The summed E-state index contributed by atoms with van der Waals surface area (Å²) in [5.41, 5.74) is 5.63. The first kappa shape index (κ1) is 64.7. The molecular formula is C68H78ClN7O14. The maximum Gasteiger partial charge on any atom is 0.410 e. The summed E-state index contributed by atoms with van der Waals surface area (Å²) < 4.78 is 25.7. The van der Waals surface area contributed by atoms with Crippen molar-refractivity contribution in [3.8, 4) is 17.2 Å². The number of Topliss-reactive ketones (excluding diaryl/α,β-unsaturated/α-hetero) is 6. The van der Waals surface area contributed by atoms with Crippen LogP contribution in [0.15, 0.2) is 78.9 Å². The molecule has 3 aliphatic carbocycles. The highest BCUT2D eigenvalue weighted by atomic mass is 35.5. The van der Waals surface area contributed by atoms with Gasteiger partial charge in [0.25, 0.3) is 17.7 Å². The van der Waals surface area contributed by atoms with E-state index in [9.17, 15) is 47.9 Å². The predicted molar refractivity (Wildman–Crippen MR) is 331 cm³/mol. The van der Waals surface area contributed by atoms with Crippen LogP contribution in [0.4, 0.5) is 4.79 Å². The van der Waals surface area contributed by atoms with Gasteiger partial charge in [-0.05, 0) is 139 Å². The molecular weight excluding hydrogens is 1170 g/mol. The Hall–Kier alpha value is -8.30. The zero-order valence-corrected chi connectivity index (χ0v) is 52.3. The number of carbonyl (C=O) groups is 10. The van der Waals surface area contributed by atoms with Gasteiger partial charge in [-0.1, -0.05) is 30.3 Å². The number of carbonyl (C=O) groups excluding carboxylic acids is 10. The van der Waals surface area contributed by atoms with Gasteiger partial charge in [0.05, 0.1) is 81.3 Å². The second-order valence-corrected chi connectivity index (χ2v) is 25.4. The van der Waals surface area contributed by atoms with E-state index in [0.29, 0.717) is 124 Å². The molecule has 13 rings (SSSR count). The molecule has 4 aromatic carbocycles. The number of rotatable bonds is 12. The summed E-state index contributed by atoms with van der Waals surface area (Å²) in [6.07, 6.45) is 5.62. The van der Waals surface area contributed by atoms with Crippen LogP contribution in [0, 0.1) is 11.8 Å². The summed E-state index contributed by atoms with van der Waals surface area (Å²) in [7, 11) is 1.95. The van der Waals surface area contributed by atoms with Gasteiger partial charge in [-0.25, -0.2) is 9.78 Å². The number of hydrogen-bond donors (Lipinski definition) is 1. The Balaban J connectivity index is 0.000000149. The standard InChI is InChI=1S/C25H32N2O6.C23H21N3O4.C20H24N2O4.ClH/c1-25(2,3)33-24(31)26-11-9-16(10-12-26)15-32-22-6-4-5-18-19(22)14-27(23(18)30)20-8-7-17(28)13-21(20)29;1-25-18-7-3-2-6-17(18)24-22(25)13-30-21-8-4-5-15-16(21)12-26(23(15)29)19-10-9-14(27)11-20(19)28;23-14-4-5-17(18(24)10-14)22-11-16-15(20(22)25)2-1-3-19(16)26-12-13-6-8-21-9-7-13;/h4-6,16,20H,7-15H2,1-3H3;2-8,19H,9-13H2,1H3;1-3,13,17,21H,4-12H2;1H. The van der Waals surface area contributed by atoms with E-state index in [1.54, 1.807) is 49.9 Å². The minimum atomic E-state index is -0.535. The molecule has 0 spiro atoms. The van der Waals surface area contributed by atoms with E-state index in [-0.39, 0.29) is 96.8 Å². The Morgan fingerprint density at radius 3 is 1.36 bits per heavy atom. The molecule has 4 amide bonds. The van der Waals surface area contributed by atoms with Crippen molar-refractivity contribution in [3.63, 3.8) is 0 Å². The summed E-state index contributed by atoms with van der Waals surface area (Å²) in [5.74, 6) is 2.57. The van der Waals surface area contributed by atoms with Gasteiger partial charge in [-0.3, -0.25) is 43.2 Å². The number of para-hydroxylation sites is 2. The molecule has 3 saturated carbocycles. The van der Waals surface area contributed by atoms with E-state index in [0.717, 1.165) is 78.1 Å². The minimum absolute atomic E-state index is 0. The largest absolute Gasteiger partial charge is 0.493 e. The summed E-state index contributed by atoms with van der Waals surface area (Å²) in [6.45, 7) is 11.4. The molecule has 6 heterocycles. The number of hydrogen-bond acceptors (Lipinski definition) is 16. The number of piperidine rings is 2. The fraction of sp³-hybridized carbons (Fsp3) is 0.485. The van der Waals surface area contributed by atoms with E-state index in [1.165, 1.54) is 0 Å². The number of likely N-dealkylation sites (tertiary alicyclic amines) is 1. The summed E-state index contributed by atoms with van der Waals surface area (Å²) in [5, 5.41) is 3.35. The first-order valence-corrected chi connectivity index (χ1v) is 31.2. The van der Waals surface area contributed by atoms with Gasteiger partial charge in [0, 0.05) is 72.8 Å². The SMILES string of the molecule is CC(C)(C)OC(=O)N1CCC(COc2cccc3c2CN(C2CCC(=O)CC2=O)C3=O)CC1.Cl.Cn1c(COc2cccc3c2CN(C2CCC(=O)CC2=O)C3=O)nc2ccccc21.O=C1CCC(N2Cc3c(OCC4CCNCC4)cccc3C2=O)C(=O)C1. The molecule has 1 N–H and O–H groups in total. The van der Waals surface area contributed by atoms with Crippen molar-refractivity contribution in [2.45, 2.75) is 154 Å². The molecule has 5 aliphatic heterocycles. The van der Waals surface area contributed by atoms with Crippen LogP contribution in [0.25, 0.3) is 11.0 Å². The van der Waals surface area contributed by atoms with Crippen LogP contribution in [0.2, 0.25) is 0 Å². The third kappa shape index (κ3) is 14.3. The molecule has 21 nitrogen and oxygen atoms in total.